The summed E-state index contributed by atoms with van der Waals surface area (Å²) in [7, 11) is 0. The molecule has 0 saturated carbocycles. The van der Waals surface area contributed by atoms with Crippen molar-refractivity contribution in [3.05, 3.63) is 71.0 Å². The lowest BCUT2D eigenvalue weighted by molar-refractivity contribution is -0.130. The molecule has 2 rings (SSSR count). The number of carbonyl (C=O) groups is 3. The second-order valence-electron chi connectivity index (χ2n) is 6.52. The minimum atomic E-state index is -1.08. The number of nitriles is 1. The number of nitrogens with zero attached hydrogens (tertiary/aromatic N) is 1. The quantitative estimate of drug-likeness (QED) is 0.614. The van der Waals surface area contributed by atoms with Crippen molar-refractivity contribution >= 4 is 17.7 Å². The maximum Gasteiger partial charge on any atom is 0.243 e. The average Bonchev–Trinajstić information content (AvgIpc) is 2.66. The molecule has 2 aromatic carbocycles. The number of rotatable bonds is 8. The molecular formula is C21H21FN4O3. The van der Waals surface area contributed by atoms with Gasteiger partial charge in [0.15, 0.2) is 0 Å². The van der Waals surface area contributed by atoms with Crippen molar-refractivity contribution in [3.8, 4) is 6.07 Å². The molecule has 7 nitrogen and oxygen atoms in total. The van der Waals surface area contributed by atoms with Gasteiger partial charge in [0.05, 0.1) is 11.6 Å². The van der Waals surface area contributed by atoms with Gasteiger partial charge in [0.25, 0.3) is 0 Å². The molecule has 0 fully saturated rings. The smallest absolute Gasteiger partial charge is 0.243 e. The standard InChI is InChI=1S/C21H21FN4O3/c1-13(27)25-19(10-14-5-4-8-17(22)9-14)21(29)26-18(20(24)28)11-15-6-2-3-7-16(15)12-23/h2-9,18-19H,10-11H2,1H3,(H2,24,28)(H,25,27)(H,26,29)/t18-,19+/m0/s1. The molecule has 4 N–H and O–H groups in total. The Kier molecular flexibility index (Phi) is 7.43. The fraction of sp³-hybridized carbons (Fsp3) is 0.238. The van der Waals surface area contributed by atoms with Crippen LogP contribution in [-0.2, 0) is 27.2 Å². The largest absolute Gasteiger partial charge is 0.368 e. The fourth-order valence-electron chi connectivity index (χ4n) is 2.88. The summed E-state index contributed by atoms with van der Waals surface area (Å²) in [5.74, 6) is -2.33. The third kappa shape index (κ3) is 6.43. The zero-order chi connectivity index (χ0) is 21.4. The zero-order valence-corrected chi connectivity index (χ0v) is 15.8. The number of amides is 3. The van der Waals surface area contributed by atoms with Gasteiger partial charge in [-0.2, -0.15) is 5.26 Å². The minimum absolute atomic E-state index is 0.0254. The molecule has 150 valence electrons. The van der Waals surface area contributed by atoms with Crippen molar-refractivity contribution in [1.29, 1.82) is 5.26 Å². The predicted octanol–water partition coefficient (Wildman–Crippen LogP) is 0.957. The second-order valence-corrected chi connectivity index (χ2v) is 6.52. The summed E-state index contributed by atoms with van der Waals surface area (Å²) in [5.41, 5.74) is 6.85. The highest BCUT2D eigenvalue weighted by atomic mass is 19.1. The molecule has 0 unspecified atom stereocenters. The zero-order valence-electron chi connectivity index (χ0n) is 15.8. The molecule has 0 aromatic heterocycles. The van der Waals surface area contributed by atoms with E-state index < -0.39 is 35.6 Å². The maximum atomic E-state index is 13.4. The first-order valence-corrected chi connectivity index (χ1v) is 8.89. The first kappa shape index (κ1) is 21.6. The monoisotopic (exact) mass is 396 g/mol. The first-order chi connectivity index (χ1) is 13.8. The summed E-state index contributed by atoms with van der Waals surface area (Å²) in [6.45, 7) is 1.25. The Hall–Kier alpha value is -3.73. The number of hydrogen-bond donors (Lipinski definition) is 3. The van der Waals surface area contributed by atoms with E-state index >= 15 is 0 Å². The molecule has 0 saturated heterocycles. The molecule has 0 spiro atoms. The molecule has 0 aliphatic heterocycles. The number of nitrogens with one attached hydrogen (secondary N) is 2. The van der Waals surface area contributed by atoms with E-state index in [-0.39, 0.29) is 12.8 Å². The van der Waals surface area contributed by atoms with E-state index in [1.807, 2.05) is 6.07 Å². The molecule has 0 aliphatic carbocycles. The van der Waals surface area contributed by atoms with Crippen molar-refractivity contribution in [2.24, 2.45) is 5.73 Å². The lowest BCUT2D eigenvalue weighted by Crippen LogP contribution is -2.54. The van der Waals surface area contributed by atoms with Crippen molar-refractivity contribution in [2.45, 2.75) is 31.8 Å². The van der Waals surface area contributed by atoms with Gasteiger partial charge < -0.3 is 16.4 Å². The summed E-state index contributed by atoms with van der Waals surface area (Å²) in [4.78, 5) is 36.1. The molecule has 3 amide bonds. The number of benzene rings is 2. The Labute approximate surface area is 167 Å². The van der Waals surface area contributed by atoms with Crippen molar-refractivity contribution < 1.29 is 18.8 Å². The highest BCUT2D eigenvalue weighted by Crippen LogP contribution is 2.11. The van der Waals surface area contributed by atoms with Crippen LogP contribution in [0.25, 0.3) is 0 Å². The van der Waals surface area contributed by atoms with E-state index in [4.69, 9.17) is 5.73 Å². The second kappa shape index (κ2) is 9.99. The maximum absolute atomic E-state index is 13.4. The fourth-order valence-corrected chi connectivity index (χ4v) is 2.88. The summed E-state index contributed by atoms with van der Waals surface area (Å²) in [5, 5.41) is 14.2. The van der Waals surface area contributed by atoms with E-state index in [1.54, 1.807) is 30.3 Å². The van der Waals surface area contributed by atoms with Crippen LogP contribution in [0.5, 0.6) is 0 Å². The predicted molar refractivity (Wildman–Crippen MR) is 104 cm³/mol. The summed E-state index contributed by atoms with van der Waals surface area (Å²) in [6.07, 6.45) is 0.0565. The molecule has 0 bridgehead atoms. The van der Waals surface area contributed by atoms with E-state index in [0.29, 0.717) is 16.7 Å². The number of halogens is 1. The Morgan fingerprint density at radius 3 is 2.41 bits per heavy atom. The molecule has 8 heteroatoms. The molecular weight excluding hydrogens is 375 g/mol. The normalized spacial score (nSPS) is 12.3. The Morgan fingerprint density at radius 1 is 1.07 bits per heavy atom. The number of nitrogens with two attached hydrogens (primary N) is 1. The first-order valence-electron chi connectivity index (χ1n) is 8.89. The van der Waals surface area contributed by atoms with Crippen LogP contribution in [0.4, 0.5) is 4.39 Å². The van der Waals surface area contributed by atoms with Gasteiger partial charge in [-0.3, -0.25) is 14.4 Å². The highest BCUT2D eigenvalue weighted by Gasteiger charge is 2.26. The van der Waals surface area contributed by atoms with Gasteiger partial charge in [-0.1, -0.05) is 30.3 Å². The van der Waals surface area contributed by atoms with E-state index in [2.05, 4.69) is 10.6 Å². The van der Waals surface area contributed by atoms with Gasteiger partial charge in [0.2, 0.25) is 17.7 Å². The van der Waals surface area contributed by atoms with Gasteiger partial charge in [-0.15, -0.1) is 0 Å². The van der Waals surface area contributed by atoms with Crippen LogP contribution >= 0.6 is 0 Å². The molecule has 2 aromatic rings. The SMILES string of the molecule is CC(=O)N[C@H](Cc1cccc(F)c1)C(=O)N[C@@H](Cc1ccccc1C#N)C(N)=O. The Bertz CT molecular complexity index is 955. The Balaban J connectivity index is 2.18. The van der Waals surface area contributed by atoms with Crippen LogP contribution in [0, 0.1) is 17.1 Å². The average molecular weight is 396 g/mol. The van der Waals surface area contributed by atoms with Crippen LogP contribution in [0.3, 0.4) is 0 Å². The van der Waals surface area contributed by atoms with Gasteiger partial charge in [-0.25, -0.2) is 4.39 Å². The van der Waals surface area contributed by atoms with Crippen molar-refractivity contribution in [2.75, 3.05) is 0 Å². The van der Waals surface area contributed by atoms with Gasteiger partial charge in [0.1, 0.15) is 17.9 Å². The number of hydrogen-bond acceptors (Lipinski definition) is 4. The van der Waals surface area contributed by atoms with Crippen LogP contribution < -0.4 is 16.4 Å². The highest BCUT2D eigenvalue weighted by molar-refractivity contribution is 5.91. The third-order valence-electron chi connectivity index (χ3n) is 4.24. The lowest BCUT2D eigenvalue weighted by atomic mass is 9.99. The van der Waals surface area contributed by atoms with E-state index in [9.17, 15) is 24.0 Å². The number of carbonyl (C=O) groups excluding carboxylic acids is 3. The van der Waals surface area contributed by atoms with Crippen LogP contribution in [0.2, 0.25) is 0 Å². The summed E-state index contributed by atoms with van der Waals surface area (Å²) < 4.78 is 13.4. The number of primary amides is 1. The molecule has 0 aliphatic rings. The van der Waals surface area contributed by atoms with Crippen LogP contribution in [-0.4, -0.2) is 29.8 Å². The van der Waals surface area contributed by atoms with E-state index in [0.717, 1.165) is 0 Å². The molecule has 2 atom stereocenters. The Morgan fingerprint density at radius 2 is 1.79 bits per heavy atom. The summed E-state index contributed by atoms with van der Waals surface area (Å²) in [6, 6.07) is 12.2. The molecule has 0 radical (unpaired) electrons. The van der Waals surface area contributed by atoms with Crippen LogP contribution in [0.1, 0.15) is 23.6 Å². The molecule has 0 heterocycles. The van der Waals surface area contributed by atoms with Crippen molar-refractivity contribution in [1.82, 2.24) is 10.6 Å². The lowest BCUT2D eigenvalue weighted by Gasteiger charge is -2.22. The minimum Gasteiger partial charge on any atom is -0.368 e. The topological polar surface area (TPSA) is 125 Å². The molecule has 29 heavy (non-hydrogen) atoms. The summed E-state index contributed by atoms with van der Waals surface area (Å²) >= 11 is 0. The van der Waals surface area contributed by atoms with Gasteiger partial charge in [-0.05, 0) is 29.3 Å². The van der Waals surface area contributed by atoms with Crippen molar-refractivity contribution in [3.63, 3.8) is 0 Å². The van der Waals surface area contributed by atoms with Gasteiger partial charge >= 0.3 is 0 Å². The van der Waals surface area contributed by atoms with E-state index in [1.165, 1.54) is 25.1 Å². The van der Waals surface area contributed by atoms with Gasteiger partial charge in [0, 0.05) is 19.8 Å². The van der Waals surface area contributed by atoms with Crippen LogP contribution in [0.15, 0.2) is 48.5 Å². The third-order valence-corrected chi connectivity index (χ3v) is 4.24.